The molecule has 400 valence electrons. The highest BCUT2D eigenvalue weighted by Gasteiger charge is 2.20. The monoisotopic (exact) mass is 1100 g/mol. The van der Waals surface area contributed by atoms with Gasteiger partial charge in [-0.2, -0.15) is 5.26 Å². The lowest BCUT2D eigenvalue weighted by Gasteiger charge is -2.10. The Morgan fingerprint density at radius 2 is 0.814 bits per heavy atom. The molecule has 0 saturated heterocycles. The number of furan rings is 2. The topological polar surface area (TPSA) is 98.9 Å². The zero-order valence-electron chi connectivity index (χ0n) is 45.8. The molecule has 0 aliphatic carbocycles. The summed E-state index contributed by atoms with van der Waals surface area (Å²) < 4.78 is 21.0. The summed E-state index contributed by atoms with van der Waals surface area (Å²) in [5, 5.41) is 16.2. The van der Waals surface area contributed by atoms with Gasteiger partial charge < -0.3 is 18.0 Å². The average Bonchev–Trinajstić information content (AvgIpc) is 1.92. The Labute approximate surface area is 490 Å². The molecule has 10 heteroatoms. The largest absolute Gasteiger partial charge is 0.437 e. The molecule has 0 aliphatic rings. The molecule has 10 nitrogen and oxygen atoms in total. The Bertz CT molecular complexity index is 5860. The maximum atomic E-state index is 9.61. The lowest BCUT2D eigenvalue weighted by atomic mass is 9.98. The highest BCUT2D eigenvalue weighted by Crippen LogP contribution is 2.40. The first kappa shape index (κ1) is 48.5. The van der Waals surface area contributed by atoms with E-state index in [-0.39, 0.29) is 0 Å². The molecule has 86 heavy (non-hydrogen) atoms. The van der Waals surface area contributed by atoms with Crippen molar-refractivity contribution in [2.75, 3.05) is 0 Å². The van der Waals surface area contributed by atoms with Gasteiger partial charge in [-0.1, -0.05) is 133 Å². The van der Waals surface area contributed by atoms with Crippen molar-refractivity contribution in [2.24, 2.45) is 0 Å². The van der Waals surface area contributed by atoms with Crippen LogP contribution in [0.15, 0.2) is 276 Å². The summed E-state index contributed by atoms with van der Waals surface area (Å²) in [6.45, 7) is 7.57. The van der Waals surface area contributed by atoms with Gasteiger partial charge in [0.2, 0.25) is 11.4 Å². The van der Waals surface area contributed by atoms with Crippen molar-refractivity contribution in [3.63, 3.8) is 0 Å². The van der Waals surface area contributed by atoms with Crippen molar-refractivity contribution in [3.8, 4) is 62.0 Å². The Morgan fingerprint density at radius 3 is 1.40 bits per heavy atom. The van der Waals surface area contributed by atoms with E-state index in [0.29, 0.717) is 11.3 Å². The molecular weight excluding hydrogens is 1060 g/mol. The number of hydrogen-bond donors (Lipinski definition) is 0. The highest BCUT2D eigenvalue weighted by atomic mass is 16.3. The van der Waals surface area contributed by atoms with Gasteiger partial charge in [0.05, 0.1) is 34.8 Å². The van der Waals surface area contributed by atoms with Gasteiger partial charge >= 0.3 is 0 Å². The normalized spacial score (nSPS) is 11.7. The van der Waals surface area contributed by atoms with Crippen LogP contribution in [-0.4, -0.2) is 27.9 Å². The average molecular weight is 1100 g/mol. The van der Waals surface area contributed by atoms with E-state index in [1.165, 1.54) is 0 Å². The van der Waals surface area contributed by atoms with E-state index < -0.39 is 0 Å². The van der Waals surface area contributed by atoms with Crippen molar-refractivity contribution < 1.29 is 8.83 Å². The zero-order chi connectivity index (χ0) is 57.0. The Kier molecular flexibility index (Phi) is 10.8. The predicted octanol–water partition coefficient (Wildman–Crippen LogP) is 19.8. The molecule has 0 aliphatic heterocycles. The summed E-state index contributed by atoms with van der Waals surface area (Å²) in [5.41, 5.74) is 23.3. The standard InChI is InChI=1S/2C38H22N4O/c1-39-28-16-17-30-32-21-26(14-18-33(32)42(34(30)22-28)29-10-3-2-4-11-29)24-8-7-9-25(20-24)27-15-19-36-40-37-31-12-5-6-13-35(31)43-38(37)41(36)23-27;39-22-24-13-16-30-31-17-14-27(21-34(31)42(33(30)19-24)29-9-2-1-3-10-29)25-7-6-8-26(20-25)28-15-18-36-40-37-32-11-4-5-12-35(32)43-38(37)41(36)23-28/h2-23H;1-21,23H. The van der Waals surface area contributed by atoms with E-state index in [9.17, 15) is 5.26 Å². The molecule has 10 aromatic carbocycles. The van der Waals surface area contributed by atoms with Crippen LogP contribution >= 0.6 is 0 Å². The quantitative estimate of drug-likeness (QED) is 0.154. The molecule has 0 amide bonds. The van der Waals surface area contributed by atoms with Gasteiger partial charge in [-0.25, -0.2) is 14.8 Å². The molecule has 8 aromatic heterocycles. The molecule has 0 bridgehead atoms. The molecule has 0 fully saturated rings. The molecule has 18 aromatic rings. The fourth-order valence-corrected chi connectivity index (χ4v) is 12.6. The van der Waals surface area contributed by atoms with Gasteiger partial charge in [-0.3, -0.25) is 8.80 Å². The van der Waals surface area contributed by atoms with Gasteiger partial charge in [0, 0.05) is 61.6 Å². The van der Waals surface area contributed by atoms with Gasteiger partial charge in [0.25, 0.3) is 0 Å². The number of rotatable bonds is 6. The number of aromatic nitrogens is 6. The van der Waals surface area contributed by atoms with E-state index in [1.807, 2.05) is 118 Å². The van der Waals surface area contributed by atoms with Crippen molar-refractivity contribution in [1.29, 1.82) is 5.26 Å². The van der Waals surface area contributed by atoms with Gasteiger partial charge in [-0.05, 0) is 166 Å². The number of imidazole rings is 2. The van der Waals surface area contributed by atoms with E-state index in [4.69, 9.17) is 25.4 Å². The number of nitrogens with zero attached hydrogens (tertiary/aromatic N) is 8. The minimum Gasteiger partial charge on any atom is -0.437 e. The van der Waals surface area contributed by atoms with Crippen LogP contribution < -0.4 is 0 Å². The van der Waals surface area contributed by atoms with Crippen LogP contribution in [0.2, 0.25) is 0 Å². The second-order valence-electron chi connectivity index (χ2n) is 21.6. The van der Waals surface area contributed by atoms with Gasteiger partial charge in [-0.15, -0.1) is 0 Å². The number of nitriles is 1. The number of pyridine rings is 2. The smallest absolute Gasteiger partial charge is 0.232 e. The summed E-state index contributed by atoms with van der Waals surface area (Å²) in [6.07, 6.45) is 4.22. The van der Waals surface area contributed by atoms with Gasteiger partial charge in [0.1, 0.15) is 33.5 Å². The molecule has 0 spiro atoms. The third-order valence-corrected chi connectivity index (χ3v) is 16.7. The summed E-state index contributed by atoms with van der Waals surface area (Å²) in [6, 6.07) is 89.8. The van der Waals surface area contributed by atoms with Crippen LogP contribution in [0.1, 0.15) is 5.56 Å². The van der Waals surface area contributed by atoms with E-state index in [2.05, 4.69) is 178 Å². The second-order valence-corrected chi connectivity index (χ2v) is 21.6. The molecule has 0 radical (unpaired) electrons. The van der Waals surface area contributed by atoms with Gasteiger partial charge in [0.15, 0.2) is 5.69 Å². The number of fused-ring (bicyclic) bond motifs is 16. The highest BCUT2D eigenvalue weighted by molar-refractivity contribution is 6.12. The fourth-order valence-electron chi connectivity index (χ4n) is 12.6. The van der Waals surface area contributed by atoms with E-state index in [0.717, 1.165) is 155 Å². The molecule has 0 N–H and O–H groups in total. The molecule has 0 atom stereocenters. The lowest BCUT2D eigenvalue weighted by Crippen LogP contribution is -1.94. The Hall–Kier alpha value is -12.2. The zero-order valence-corrected chi connectivity index (χ0v) is 45.8. The summed E-state index contributed by atoms with van der Waals surface area (Å²) in [4.78, 5) is 13.4. The lowest BCUT2D eigenvalue weighted by molar-refractivity contribution is 0.649. The molecule has 0 unspecified atom stereocenters. The molecular formula is C76H44N8O2. The first-order chi connectivity index (χ1) is 42.5. The fraction of sp³-hybridized carbons (Fsp3) is 0. The maximum absolute atomic E-state index is 9.61. The predicted molar refractivity (Wildman–Crippen MR) is 346 cm³/mol. The Morgan fingerprint density at radius 1 is 0.360 bits per heavy atom. The van der Waals surface area contributed by atoms with Crippen LogP contribution in [0.25, 0.3) is 160 Å². The van der Waals surface area contributed by atoms with Crippen LogP contribution in [0.4, 0.5) is 5.69 Å². The summed E-state index contributed by atoms with van der Waals surface area (Å²) in [7, 11) is 0. The summed E-state index contributed by atoms with van der Waals surface area (Å²) in [5.74, 6) is 0. The number of benzene rings is 10. The van der Waals surface area contributed by atoms with Crippen molar-refractivity contribution in [3.05, 3.63) is 284 Å². The van der Waals surface area contributed by atoms with Crippen LogP contribution in [0.5, 0.6) is 0 Å². The van der Waals surface area contributed by atoms with Crippen molar-refractivity contribution in [2.45, 2.75) is 0 Å². The maximum Gasteiger partial charge on any atom is 0.232 e. The SMILES string of the molecule is N#Cc1ccc2c3ccc(-c4cccc(-c5ccc6nc7c8ccccc8oc7n6c5)c4)cc3n(-c3ccccc3)c2c1.[C-]#[N+]c1ccc2c3cc(-c4cccc(-c5ccc6nc7c8ccccc8oc7n6c5)c4)ccc3n(-c3ccccc3)c2c1. The van der Waals surface area contributed by atoms with Crippen molar-refractivity contribution in [1.82, 2.24) is 27.9 Å². The number of hydrogen-bond acceptors (Lipinski definition) is 5. The first-order valence-electron chi connectivity index (χ1n) is 28.4. The van der Waals surface area contributed by atoms with Crippen LogP contribution in [-0.2, 0) is 0 Å². The van der Waals surface area contributed by atoms with Crippen LogP contribution in [0, 0.1) is 17.9 Å². The minimum absolute atomic E-state index is 0.634. The molecule has 8 heterocycles. The molecule has 18 rings (SSSR count). The van der Waals surface area contributed by atoms with Crippen molar-refractivity contribution >= 4 is 105 Å². The number of para-hydroxylation sites is 4. The van der Waals surface area contributed by atoms with Crippen LogP contribution in [0.3, 0.4) is 0 Å². The van der Waals surface area contributed by atoms with E-state index >= 15 is 0 Å². The second kappa shape index (κ2) is 19.2. The Balaban J connectivity index is 0.000000134. The molecule has 0 saturated carbocycles. The third kappa shape index (κ3) is 7.72. The minimum atomic E-state index is 0.634. The summed E-state index contributed by atoms with van der Waals surface area (Å²) >= 11 is 0. The van der Waals surface area contributed by atoms with E-state index in [1.54, 1.807) is 0 Å². The first-order valence-corrected chi connectivity index (χ1v) is 28.4. The third-order valence-electron chi connectivity index (χ3n) is 16.7.